The Kier molecular flexibility index (Phi) is 4.87. The molecule has 1 N–H and O–H groups in total. The molecule has 3 aromatic rings. The molecular weight excluding hydrogens is 414 g/mol. The molecule has 1 aliphatic rings. The largest absolute Gasteiger partial charge is 0.378 e. The highest BCUT2D eigenvalue weighted by molar-refractivity contribution is 9.10. The fourth-order valence-electron chi connectivity index (χ4n) is 2.89. The Morgan fingerprint density at radius 2 is 1.85 bits per heavy atom. The summed E-state index contributed by atoms with van der Waals surface area (Å²) < 4.78 is 6.33. The van der Waals surface area contributed by atoms with Crippen LogP contribution in [0.4, 0.5) is 23.1 Å². The molecule has 0 radical (unpaired) electrons. The summed E-state index contributed by atoms with van der Waals surface area (Å²) in [4.78, 5) is 21.9. The number of nitrogens with zero attached hydrogens (tertiary/aromatic N) is 4. The van der Waals surface area contributed by atoms with E-state index in [2.05, 4.69) is 31.1 Å². The summed E-state index contributed by atoms with van der Waals surface area (Å²) in [5.74, 6) is 1.29. The van der Waals surface area contributed by atoms with Gasteiger partial charge in [-0.2, -0.15) is 4.98 Å². The van der Waals surface area contributed by atoms with E-state index in [1.54, 1.807) is 12.1 Å². The predicted molar refractivity (Wildman–Crippen MR) is 107 cm³/mol. The van der Waals surface area contributed by atoms with Gasteiger partial charge in [0.05, 0.1) is 23.7 Å². The van der Waals surface area contributed by atoms with E-state index in [1.807, 2.05) is 18.2 Å². The quantitative estimate of drug-likeness (QED) is 0.496. The van der Waals surface area contributed by atoms with Crippen LogP contribution >= 0.6 is 15.9 Å². The Bertz CT molecular complexity index is 990. The van der Waals surface area contributed by atoms with Gasteiger partial charge in [0.1, 0.15) is 5.82 Å². The van der Waals surface area contributed by atoms with Crippen LogP contribution in [-0.4, -0.2) is 41.2 Å². The molecule has 0 aliphatic carbocycles. The molecule has 0 amide bonds. The van der Waals surface area contributed by atoms with E-state index in [0.717, 1.165) is 28.5 Å². The molecule has 0 bridgehead atoms. The van der Waals surface area contributed by atoms with Crippen LogP contribution in [0.5, 0.6) is 0 Å². The Hall–Kier alpha value is -2.78. The molecule has 1 saturated heterocycles. The van der Waals surface area contributed by atoms with Crippen LogP contribution in [0.2, 0.25) is 0 Å². The molecule has 1 aliphatic heterocycles. The van der Waals surface area contributed by atoms with Gasteiger partial charge >= 0.3 is 0 Å². The van der Waals surface area contributed by atoms with E-state index >= 15 is 0 Å². The van der Waals surface area contributed by atoms with Crippen LogP contribution in [0.1, 0.15) is 0 Å². The lowest BCUT2D eigenvalue weighted by Gasteiger charge is -2.27. The van der Waals surface area contributed by atoms with Crippen LogP contribution in [0.15, 0.2) is 46.9 Å². The number of benzene rings is 2. The van der Waals surface area contributed by atoms with Gasteiger partial charge in [-0.1, -0.05) is 15.9 Å². The van der Waals surface area contributed by atoms with E-state index < -0.39 is 4.92 Å². The van der Waals surface area contributed by atoms with Crippen LogP contribution in [0.25, 0.3) is 10.9 Å². The van der Waals surface area contributed by atoms with Crippen molar-refractivity contribution in [1.82, 2.24) is 9.97 Å². The SMILES string of the molecule is O=[N+]([O-])c1ccc(Nc2nc(N3CCOCC3)nc3ccc(Br)cc23)cc1. The van der Waals surface area contributed by atoms with Crippen LogP contribution in [0, 0.1) is 10.1 Å². The molecule has 27 heavy (non-hydrogen) atoms. The van der Waals surface area contributed by atoms with E-state index in [1.165, 1.54) is 12.1 Å². The summed E-state index contributed by atoms with van der Waals surface area (Å²) in [5.41, 5.74) is 1.58. The second kappa shape index (κ2) is 7.45. The molecule has 1 fully saturated rings. The fraction of sp³-hybridized carbons (Fsp3) is 0.222. The molecule has 4 rings (SSSR count). The van der Waals surface area contributed by atoms with Crippen molar-refractivity contribution in [1.29, 1.82) is 0 Å². The first kappa shape index (κ1) is 17.6. The maximum absolute atomic E-state index is 10.8. The lowest BCUT2D eigenvalue weighted by Crippen LogP contribution is -2.37. The second-order valence-electron chi connectivity index (χ2n) is 6.06. The van der Waals surface area contributed by atoms with Crippen molar-refractivity contribution in [2.24, 2.45) is 0 Å². The van der Waals surface area contributed by atoms with Crippen molar-refractivity contribution in [3.8, 4) is 0 Å². The Morgan fingerprint density at radius 1 is 1.11 bits per heavy atom. The molecule has 9 heteroatoms. The average Bonchev–Trinajstić information content (AvgIpc) is 2.69. The summed E-state index contributed by atoms with van der Waals surface area (Å²) in [6.45, 7) is 2.76. The molecule has 2 heterocycles. The number of ether oxygens (including phenoxy) is 1. The van der Waals surface area contributed by atoms with Crippen molar-refractivity contribution in [2.75, 3.05) is 36.5 Å². The minimum atomic E-state index is -0.419. The fourth-order valence-corrected chi connectivity index (χ4v) is 3.25. The number of aromatic nitrogens is 2. The molecule has 0 spiro atoms. The molecule has 1 aromatic heterocycles. The zero-order valence-electron chi connectivity index (χ0n) is 14.3. The average molecular weight is 430 g/mol. The summed E-state index contributed by atoms with van der Waals surface area (Å²) in [6.07, 6.45) is 0. The van der Waals surface area contributed by atoms with E-state index in [9.17, 15) is 10.1 Å². The smallest absolute Gasteiger partial charge is 0.269 e. The number of non-ortho nitro benzene ring substituents is 1. The Balaban J connectivity index is 1.74. The normalized spacial score (nSPS) is 14.3. The monoisotopic (exact) mass is 429 g/mol. The van der Waals surface area contributed by atoms with Crippen LogP contribution in [-0.2, 0) is 4.74 Å². The first-order chi connectivity index (χ1) is 13.1. The first-order valence-electron chi connectivity index (χ1n) is 8.41. The van der Waals surface area contributed by atoms with Gasteiger partial charge in [-0.3, -0.25) is 10.1 Å². The number of rotatable bonds is 4. The van der Waals surface area contributed by atoms with Crippen LogP contribution < -0.4 is 10.2 Å². The summed E-state index contributed by atoms with van der Waals surface area (Å²) in [7, 11) is 0. The van der Waals surface area contributed by atoms with Crippen molar-refractivity contribution in [3.63, 3.8) is 0 Å². The molecular formula is C18H16BrN5O3. The minimum Gasteiger partial charge on any atom is -0.378 e. The van der Waals surface area contributed by atoms with Gasteiger partial charge in [0.25, 0.3) is 5.69 Å². The molecule has 138 valence electrons. The van der Waals surface area contributed by atoms with Gasteiger partial charge in [0.15, 0.2) is 0 Å². The third-order valence-corrected chi connectivity index (χ3v) is 4.77. The van der Waals surface area contributed by atoms with Crippen LogP contribution in [0.3, 0.4) is 0 Å². The van der Waals surface area contributed by atoms with E-state index in [4.69, 9.17) is 9.72 Å². The third kappa shape index (κ3) is 3.83. The number of anilines is 3. The summed E-state index contributed by atoms with van der Waals surface area (Å²) in [6, 6.07) is 12.1. The number of fused-ring (bicyclic) bond motifs is 1. The van der Waals surface area contributed by atoms with Crippen molar-refractivity contribution in [3.05, 3.63) is 57.1 Å². The van der Waals surface area contributed by atoms with Gasteiger partial charge in [0, 0.05) is 40.8 Å². The number of nitro benzene ring substituents is 1. The van der Waals surface area contributed by atoms with Gasteiger partial charge in [-0.25, -0.2) is 4.98 Å². The zero-order chi connectivity index (χ0) is 18.8. The third-order valence-electron chi connectivity index (χ3n) is 4.28. The predicted octanol–water partition coefficient (Wildman–Crippen LogP) is 3.88. The van der Waals surface area contributed by atoms with Crippen molar-refractivity contribution in [2.45, 2.75) is 0 Å². The lowest BCUT2D eigenvalue weighted by molar-refractivity contribution is -0.384. The molecule has 2 aromatic carbocycles. The topological polar surface area (TPSA) is 93.4 Å². The number of halogens is 1. The Morgan fingerprint density at radius 3 is 2.56 bits per heavy atom. The number of hydrogen-bond donors (Lipinski definition) is 1. The highest BCUT2D eigenvalue weighted by Gasteiger charge is 2.17. The van der Waals surface area contributed by atoms with E-state index in [-0.39, 0.29) is 5.69 Å². The summed E-state index contributed by atoms with van der Waals surface area (Å²) >= 11 is 3.49. The minimum absolute atomic E-state index is 0.0462. The van der Waals surface area contributed by atoms with Gasteiger partial charge in [0.2, 0.25) is 5.95 Å². The van der Waals surface area contributed by atoms with Gasteiger partial charge in [-0.15, -0.1) is 0 Å². The molecule has 0 atom stereocenters. The highest BCUT2D eigenvalue weighted by atomic mass is 79.9. The summed E-state index contributed by atoms with van der Waals surface area (Å²) in [5, 5.41) is 15.0. The lowest BCUT2D eigenvalue weighted by atomic mass is 10.2. The van der Waals surface area contributed by atoms with Gasteiger partial charge in [-0.05, 0) is 30.3 Å². The van der Waals surface area contributed by atoms with Gasteiger partial charge < -0.3 is 15.0 Å². The van der Waals surface area contributed by atoms with Crippen molar-refractivity contribution < 1.29 is 9.66 Å². The maximum atomic E-state index is 10.8. The first-order valence-corrected chi connectivity index (χ1v) is 9.21. The molecule has 0 unspecified atom stereocenters. The molecule has 0 saturated carbocycles. The number of nitro groups is 1. The maximum Gasteiger partial charge on any atom is 0.269 e. The highest BCUT2D eigenvalue weighted by Crippen LogP contribution is 2.29. The number of hydrogen-bond acceptors (Lipinski definition) is 7. The number of nitrogens with one attached hydrogen (secondary N) is 1. The van der Waals surface area contributed by atoms with Crippen molar-refractivity contribution >= 4 is 50.0 Å². The molecule has 8 nitrogen and oxygen atoms in total. The second-order valence-corrected chi connectivity index (χ2v) is 6.98. The van der Waals surface area contributed by atoms with E-state index in [0.29, 0.717) is 30.7 Å². The zero-order valence-corrected chi connectivity index (χ0v) is 15.8. The number of morpholine rings is 1. The standard InChI is InChI=1S/C18H16BrN5O3/c19-12-1-6-16-15(11-12)17(20-13-2-4-14(5-3-13)24(25)26)22-18(21-16)23-7-9-27-10-8-23/h1-6,11H,7-10H2,(H,20,21,22). The Labute approximate surface area is 163 Å².